The van der Waals surface area contributed by atoms with E-state index in [2.05, 4.69) is 49.4 Å². The standard InChI is InChI=1S/C21H16O2/c1-11-4-2-6-13-14-9-8-12-5-3-7-15-18(12)19(14)17(10-16(11)13)21(23)20(15)22/h2-10,20-23H,1H3/t20-,21+/m1/s1. The smallest absolute Gasteiger partial charge is 0.110 e. The van der Waals surface area contributed by atoms with E-state index in [9.17, 15) is 10.2 Å². The van der Waals surface area contributed by atoms with Crippen molar-refractivity contribution >= 4 is 32.3 Å². The summed E-state index contributed by atoms with van der Waals surface area (Å²) in [5, 5.41) is 28.0. The zero-order valence-electron chi connectivity index (χ0n) is 12.7. The van der Waals surface area contributed by atoms with Crippen LogP contribution in [0.25, 0.3) is 32.3 Å². The predicted molar refractivity (Wildman–Crippen MR) is 93.6 cm³/mol. The van der Waals surface area contributed by atoms with E-state index in [0.717, 1.165) is 38.1 Å². The molecule has 0 saturated carbocycles. The molecule has 0 amide bonds. The third kappa shape index (κ3) is 1.55. The van der Waals surface area contributed by atoms with Gasteiger partial charge in [0, 0.05) is 0 Å². The van der Waals surface area contributed by atoms with Gasteiger partial charge in [-0.1, -0.05) is 48.5 Å². The van der Waals surface area contributed by atoms with Crippen molar-refractivity contribution in [3.05, 3.63) is 71.3 Å². The summed E-state index contributed by atoms with van der Waals surface area (Å²) in [6.45, 7) is 2.08. The molecule has 112 valence electrons. The minimum absolute atomic E-state index is 0.820. The second-order valence-corrected chi connectivity index (χ2v) is 6.46. The molecule has 1 aliphatic rings. The molecule has 0 bridgehead atoms. The lowest BCUT2D eigenvalue weighted by molar-refractivity contribution is 0.0179. The van der Waals surface area contributed by atoms with E-state index in [-0.39, 0.29) is 0 Å². The molecular formula is C21H16O2. The lowest BCUT2D eigenvalue weighted by Crippen LogP contribution is -2.15. The number of hydrogen-bond acceptors (Lipinski definition) is 2. The molecule has 0 aromatic heterocycles. The largest absolute Gasteiger partial charge is 0.385 e. The van der Waals surface area contributed by atoms with Gasteiger partial charge in [-0.3, -0.25) is 0 Å². The molecule has 23 heavy (non-hydrogen) atoms. The van der Waals surface area contributed by atoms with Crippen molar-refractivity contribution in [1.29, 1.82) is 0 Å². The lowest BCUT2D eigenvalue weighted by atomic mass is 9.81. The van der Waals surface area contributed by atoms with Crippen molar-refractivity contribution in [2.75, 3.05) is 0 Å². The van der Waals surface area contributed by atoms with Crippen LogP contribution in [0.5, 0.6) is 0 Å². The Morgan fingerprint density at radius 1 is 0.696 bits per heavy atom. The second kappa shape index (κ2) is 4.31. The van der Waals surface area contributed by atoms with Crippen LogP contribution in [0.4, 0.5) is 0 Å². The molecule has 2 atom stereocenters. The molecule has 0 spiro atoms. The first-order valence-electron chi connectivity index (χ1n) is 7.90. The third-order valence-electron chi connectivity index (χ3n) is 5.22. The Labute approximate surface area is 133 Å². The first-order valence-corrected chi connectivity index (χ1v) is 7.90. The molecule has 0 fully saturated rings. The first-order chi connectivity index (χ1) is 11.2. The maximum atomic E-state index is 10.7. The summed E-state index contributed by atoms with van der Waals surface area (Å²) in [5.41, 5.74) is 2.83. The molecule has 2 heteroatoms. The number of aliphatic hydroxyl groups excluding tert-OH is 2. The fraction of sp³-hybridized carbons (Fsp3) is 0.143. The number of hydrogen-bond donors (Lipinski definition) is 2. The van der Waals surface area contributed by atoms with Gasteiger partial charge in [-0.2, -0.15) is 0 Å². The van der Waals surface area contributed by atoms with Crippen molar-refractivity contribution in [3.8, 4) is 0 Å². The zero-order chi connectivity index (χ0) is 15.7. The molecule has 0 saturated heterocycles. The average molecular weight is 300 g/mol. The van der Waals surface area contributed by atoms with Crippen LogP contribution in [-0.2, 0) is 0 Å². The Bertz CT molecular complexity index is 1110. The van der Waals surface area contributed by atoms with Crippen LogP contribution >= 0.6 is 0 Å². The van der Waals surface area contributed by atoms with Crippen LogP contribution in [0.1, 0.15) is 28.9 Å². The predicted octanol–water partition coefficient (Wildman–Crippen LogP) is 4.54. The van der Waals surface area contributed by atoms with Gasteiger partial charge in [-0.15, -0.1) is 0 Å². The fourth-order valence-corrected chi connectivity index (χ4v) is 4.09. The highest BCUT2D eigenvalue weighted by molar-refractivity contribution is 6.20. The van der Waals surface area contributed by atoms with E-state index < -0.39 is 12.2 Å². The number of benzene rings is 4. The number of aliphatic hydroxyl groups is 2. The number of rotatable bonds is 0. The Morgan fingerprint density at radius 2 is 1.48 bits per heavy atom. The Morgan fingerprint density at radius 3 is 2.35 bits per heavy atom. The van der Waals surface area contributed by atoms with Gasteiger partial charge in [0.25, 0.3) is 0 Å². The van der Waals surface area contributed by atoms with E-state index in [1.165, 1.54) is 10.9 Å². The summed E-state index contributed by atoms with van der Waals surface area (Å²) < 4.78 is 0. The van der Waals surface area contributed by atoms with E-state index in [1.54, 1.807) is 0 Å². The highest BCUT2D eigenvalue weighted by Crippen LogP contribution is 2.47. The Balaban J connectivity index is 2.15. The summed E-state index contributed by atoms with van der Waals surface area (Å²) in [4.78, 5) is 0. The van der Waals surface area contributed by atoms with E-state index in [1.807, 2.05) is 12.1 Å². The first kappa shape index (κ1) is 13.1. The molecule has 4 aromatic carbocycles. The van der Waals surface area contributed by atoms with Gasteiger partial charge >= 0.3 is 0 Å². The van der Waals surface area contributed by atoms with Crippen LogP contribution in [0, 0.1) is 6.92 Å². The Hall–Kier alpha value is -2.42. The van der Waals surface area contributed by atoms with Crippen molar-refractivity contribution < 1.29 is 10.2 Å². The van der Waals surface area contributed by atoms with Gasteiger partial charge in [0.1, 0.15) is 12.2 Å². The van der Waals surface area contributed by atoms with Crippen molar-refractivity contribution in [1.82, 2.24) is 0 Å². The quantitative estimate of drug-likeness (QED) is 0.468. The van der Waals surface area contributed by atoms with Gasteiger partial charge in [0.05, 0.1) is 0 Å². The summed E-state index contributed by atoms with van der Waals surface area (Å²) in [6, 6.07) is 18.5. The van der Waals surface area contributed by atoms with Crippen LogP contribution < -0.4 is 0 Å². The van der Waals surface area contributed by atoms with Crippen LogP contribution in [-0.4, -0.2) is 10.2 Å². The van der Waals surface area contributed by atoms with Crippen LogP contribution in [0.2, 0.25) is 0 Å². The fourth-order valence-electron chi connectivity index (χ4n) is 4.09. The summed E-state index contributed by atoms with van der Waals surface area (Å²) in [5.74, 6) is 0. The zero-order valence-corrected chi connectivity index (χ0v) is 12.7. The van der Waals surface area contributed by atoms with Gasteiger partial charge in [0.15, 0.2) is 0 Å². The van der Waals surface area contributed by atoms with Gasteiger partial charge < -0.3 is 10.2 Å². The second-order valence-electron chi connectivity index (χ2n) is 6.46. The average Bonchev–Trinajstić information content (AvgIpc) is 2.58. The Kier molecular flexibility index (Phi) is 2.45. The number of aryl methyl sites for hydroxylation is 1. The molecule has 0 radical (unpaired) electrons. The number of fused-ring (bicyclic) bond motifs is 2. The molecule has 1 aliphatic carbocycles. The molecule has 2 nitrogen and oxygen atoms in total. The van der Waals surface area contributed by atoms with E-state index in [0.29, 0.717) is 0 Å². The molecule has 5 rings (SSSR count). The maximum absolute atomic E-state index is 10.7. The van der Waals surface area contributed by atoms with Crippen LogP contribution in [0.15, 0.2) is 54.6 Å². The van der Waals surface area contributed by atoms with E-state index >= 15 is 0 Å². The normalized spacial score (nSPS) is 20.0. The van der Waals surface area contributed by atoms with E-state index in [4.69, 9.17) is 0 Å². The summed E-state index contributed by atoms with van der Waals surface area (Å²) in [6.07, 6.45) is -1.76. The summed E-state index contributed by atoms with van der Waals surface area (Å²) in [7, 11) is 0. The monoisotopic (exact) mass is 300 g/mol. The topological polar surface area (TPSA) is 40.5 Å². The summed E-state index contributed by atoms with van der Waals surface area (Å²) >= 11 is 0. The maximum Gasteiger partial charge on any atom is 0.110 e. The SMILES string of the molecule is Cc1cccc2c1cc1c3c2ccc2cccc(c23)[C@@H](O)[C@H]1O. The molecule has 0 unspecified atom stereocenters. The lowest BCUT2D eigenvalue weighted by Gasteiger charge is -2.28. The highest BCUT2D eigenvalue weighted by atomic mass is 16.3. The molecule has 0 heterocycles. The van der Waals surface area contributed by atoms with Crippen molar-refractivity contribution in [2.24, 2.45) is 0 Å². The minimum Gasteiger partial charge on any atom is -0.385 e. The minimum atomic E-state index is -0.887. The third-order valence-corrected chi connectivity index (χ3v) is 5.22. The highest BCUT2D eigenvalue weighted by Gasteiger charge is 2.30. The van der Waals surface area contributed by atoms with Crippen LogP contribution in [0.3, 0.4) is 0 Å². The molecule has 2 N–H and O–H groups in total. The van der Waals surface area contributed by atoms with Crippen molar-refractivity contribution in [3.63, 3.8) is 0 Å². The molecule has 4 aromatic rings. The van der Waals surface area contributed by atoms with Gasteiger partial charge in [-0.05, 0) is 62.0 Å². The van der Waals surface area contributed by atoms with Gasteiger partial charge in [0.2, 0.25) is 0 Å². The molecule has 0 aliphatic heterocycles. The molecular weight excluding hydrogens is 284 g/mol. The van der Waals surface area contributed by atoms with Crippen molar-refractivity contribution in [2.45, 2.75) is 19.1 Å². The van der Waals surface area contributed by atoms with Gasteiger partial charge in [-0.25, -0.2) is 0 Å².